The number of aliphatic hydroxyl groups excluding tert-OH is 1. The van der Waals surface area contributed by atoms with Gasteiger partial charge in [-0.25, -0.2) is 0 Å². The van der Waals surface area contributed by atoms with Gasteiger partial charge in [-0.2, -0.15) is 5.10 Å². The minimum atomic E-state index is -0.319. The summed E-state index contributed by atoms with van der Waals surface area (Å²) in [5.74, 6) is 0.822. The van der Waals surface area contributed by atoms with Gasteiger partial charge in [0.05, 0.1) is 6.10 Å². The third-order valence-electron chi connectivity index (χ3n) is 2.90. The molecule has 5 nitrogen and oxygen atoms in total. The number of likely N-dealkylation sites (tertiary alicyclic amines) is 1. The van der Waals surface area contributed by atoms with Crippen LogP contribution in [0, 0.1) is 0 Å². The maximum Gasteiger partial charge on any atom is 0.148 e. The minimum absolute atomic E-state index is 0.319. The predicted molar refractivity (Wildman–Crippen MR) is 63.4 cm³/mol. The predicted octanol–water partition coefficient (Wildman–Crippen LogP) is 0.289. The molecule has 5 heteroatoms. The van der Waals surface area contributed by atoms with Crippen molar-refractivity contribution < 1.29 is 5.11 Å². The number of nitrogens with zero attached hydrogens (tertiary/aromatic N) is 3. The quantitative estimate of drug-likeness (QED) is 0.755. The number of hydrogen-bond acceptors (Lipinski definition) is 4. The third kappa shape index (κ3) is 3.21. The topological polar surface area (TPSA) is 53.3 Å². The monoisotopic (exact) mass is 224 g/mol. The summed E-state index contributed by atoms with van der Waals surface area (Å²) in [6.07, 6.45) is 4.09. The molecule has 0 aliphatic carbocycles. The number of anilines is 1. The van der Waals surface area contributed by atoms with Gasteiger partial charge in [0.15, 0.2) is 0 Å². The molecule has 1 aliphatic heterocycles. The maximum absolute atomic E-state index is 9.84. The van der Waals surface area contributed by atoms with Gasteiger partial charge in [0.1, 0.15) is 5.82 Å². The van der Waals surface area contributed by atoms with Crippen molar-refractivity contribution in [2.45, 2.75) is 18.9 Å². The molecule has 0 amide bonds. The molecular weight excluding hydrogens is 204 g/mol. The summed E-state index contributed by atoms with van der Waals surface area (Å²) in [6.45, 7) is 3.58. The summed E-state index contributed by atoms with van der Waals surface area (Å²) in [5, 5.41) is 17.2. The Morgan fingerprint density at radius 3 is 2.88 bits per heavy atom. The van der Waals surface area contributed by atoms with Crippen molar-refractivity contribution in [3.8, 4) is 0 Å². The fourth-order valence-corrected chi connectivity index (χ4v) is 2.06. The third-order valence-corrected chi connectivity index (χ3v) is 2.90. The van der Waals surface area contributed by atoms with Gasteiger partial charge in [0, 0.05) is 32.4 Å². The summed E-state index contributed by atoms with van der Waals surface area (Å²) in [6, 6.07) is 1.91. The maximum atomic E-state index is 9.84. The highest BCUT2D eigenvalue weighted by molar-refractivity contribution is 5.32. The number of nitrogens with one attached hydrogen (secondary N) is 1. The lowest BCUT2D eigenvalue weighted by molar-refractivity contribution is 0.135. The molecule has 2 N–H and O–H groups in total. The molecule has 0 radical (unpaired) electrons. The molecule has 1 aliphatic rings. The van der Waals surface area contributed by atoms with E-state index in [-0.39, 0.29) is 6.10 Å². The Bertz CT molecular complexity index is 320. The van der Waals surface area contributed by atoms with Crippen molar-refractivity contribution >= 4 is 5.82 Å². The Morgan fingerprint density at radius 1 is 1.50 bits per heavy atom. The Morgan fingerprint density at radius 2 is 2.25 bits per heavy atom. The zero-order valence-corrected chi connectivity index (χ0v) is 9.76. The largest absolute Gasteiger partial charge is 0.390 e. The molecule has 1 saturated heterocycles. The first-order valence-electron chi connectivity index (χ1n) is 5.88. The number of β-amino-alcohol motifs (C(OH)–C–C–N with tert-alkyl or cyclic N) is 1. The average molecular weight is 224 g/mol. The van der Waals surface area contributed by atoms with Crippen molar-refractivity contribution in [2.75, 3.05) is 31.5 Å². The van der Waals surface area contributed by atoms with Gasteiger partial charge in [-0.15, -0.1) is 0 Å². The van der Waals surface area contributed by atoms with E-state index >= 15 is 0 Å². The van der Waals surface area contributed by atoms with Crippen LogP contribution in [0.15, 0.2) is 12.3 Å². The Kier molecular flexibility index (Phi) is 3.79. The van der Waals surface area contributed by atoms with Crippen molar-refractivity contribution in [2.24, 2.45) is 7.05 Å². The molecule has 2 heterocycles. The highest BCUT2D eigenvalue weighted by Gasteiger charge is 2.15. The Labute approximate surface area is 96.1 Å². The normalized spacial score (nSPS) is 18.9. The number of hydrogen-bond donors (Lipinski definition) is 2. The van der Waals surface area contributed by atoms with Crippen LogP contribution in [-0.2, 0) is 7.05 Å². The van der Waals surface area contributed by atoms with E-state index in [4.69, 9.17) is 0 Å². The van der Waals surface area contributed by atoms with Crippen molar-refractivity contribution in [3.63, 3.8) is 0 Å². The molecule has 90 valence electrons. The fraction of sp³-hybridized carbons (Fsp3) is 0.727. The summed E-state index contributed by atoms with van der Waals surface area (Å²) in [5.41, 5.74) is 0. The minimum Gasteiger partial charge on any atom is -0.390 e. The van der Waals surface area contributed by atoms with Crippen LogP contribution < -0.4 is 5.32 Å². The Hall–Kier alpha value is -1.07. The smallest absolute Gasteiger partial charge is 0.148 e. The average Bonchev–Trinajstić information content (AvgIpc) is 2.87. The van der Waals surface area contributed by atoms with Crippen LogP contribution in [0.4, 0.5) is 5.82 Å². The van der Waals surface area contributed by atoms with E-state index in [1.54, 1.807) is 4.68 Å². The number of rotatable bonds is 5. The molecular formula is C11H20N4O. The molecule has 0 spiro atoms. The molecule has 1 unspecified atom stereocenters. The molecule has 0 bridgehead atoms. The second-order valence-corrected chi connectivity index (χ2v) is 4.42. The van der Waals surface area contributed by atoms with Gasteiger partial charge in [-0.3, -0.25) is 4.68 Å². The van der Waals surface area contributed by atoms with Crippen molar-refractivity contribution in [3.05, 3.63) is 12.3 Å². The van der Waals surface area contributed by atoms with Crippen LogP contribution in [0.25, 0.3) is 0 Å². The highest BCUT2D eigenvalue weighted by Crippen LogP contribution is 2.08. The molecule has 16 heavy (non-hydrogen) atoms. The summed E-state index contributed by atoms with van der Waals surface area (Å²) in [4.78, 5) is 2.31. The number of aliphatic hydroxyl groups is 1. The van der Waals surface area contributed by atoms with E-state index in [0.29, 0.717) is 6.54 Å². The van der Waals surface area contributed by atoms with Gasteiger partial charge in [-0.1, -0.05) is 0 Å². The van der Waals surface area contributed by atoms with Crippen LogP contribution in [0.5, 0.6) is 0 Å². The zero-order valence-electron chi connectivity index (χ0n) is 9.76. The first kappa shape index (κ1) is 11.4. The lowest BCUT2D eigenvalue weighted by atomic mass is 10.3. The van der Waals surface area contributed by atoms with Gasteiger partial charge < -0.3 is 15.3 Å². The van der Waals surface area contributed by atoms with Crippen LogP contribution >= 0.6 is 0 Å². The van der Waals surface area contributed by atoms with Crippen LogP contribution in [-0.4, -0.2) is 52.1 Å². The molecule has 1 atom stereocenters. The van der Waals surface area contributed by atoms with E-state index in [1.807, 2.05) is 19.3 Å². The lowest BCUT2D eigenvalue weighted by Gasteiger charge is -2.19. The molecule has 0 aromatic carbocycles. The summed E-state index contributed by atoms with van der Waals surface area (Å²) >= 11 is 0. The lowest BCUT2D eigenvalue weighted by Crippen LogP contribution is -2.34. The standard InChI is InChI=1S/C11H20N4O/c1-14-7-4-11(13-14)12-8-10(16)9-15-5-2-3-6-15/h4,7,10,16H,2-3,5-6,8-9H2,1H3,(H,12,13). The SMILES string of the molecule is Cn1ccc(NCC(O)CN2CCCC2)n1. The van der Waals surface area contributed by atoms with E-state index in [9.17, 15) is 5.11 Å². The fourth-order valence-electron chi connectivity index (χ4n) is 2.06. The van der Waals surface area contributed by atoms with Crippen molar-refractivity contribution in [1.29, 1.82) is 0 Å². The van der Waals surface area contributed by atoms with Crippen LogP contribution in [0.3, 0.4) is 0 Å². The number of aromatic nitrogens is 2. The van der Waals surface area contributed by atoms with Gasteiger partial charge in [0.2, 0.25) is 0 Å². The van der Waals surface area contributed by atoms with Gasteiger partial charge >= 0.3 is 0 Å². The van der Waals surface area contributed by atoms with E-state index in [1.165, 1.54) is 12.8 Å². The highest BCUT2D eigenvalue weighted by atomic mass is 16.3. The van der Waals surface area contributed by atoms with Gasteiger partial charge in [-0.05, 0) is 25.9 Å². The zero-order chi connectivity index (χ0) is 11.4. The molecule has 1 fully saturated rings. The van der Waals surface area contributed by atoms with Gasteiger partial charge in [0.25, 0.3) is 0 Å². The molecule has 0 saturated carbocycles. The number of aryl methyl sites for hydroxylation is 1. The van der Waals surface area contributed by atoms with E-state index in [2.05, 4.69) is 15.3 Å². The van der Waals surface area contributed by atoms with Crippen LogP contribution in [0.2, 0.25) is 0 Å². The molecule has 2 rings (SSSR count). The summed E-state index contributed by atoms with van der Waals surface area (Å²) < 4.78 is 1.75. The second-order valence-electron chi connectivity index (χ2n) is 4.42. The van der Waals surface area contributed by atoms with Crippen LogP contribution in [0.1, 0.15) is 12.8 Å². The Balaban J connectivity index is 1.68. The molecule has 1 aromatic rings. The molecule has 1 aromatic heterocycles. The van der Waals surface area contributed by atoms with E-state index < -0.39 is 0 Å². The first-order chi connectivity index (χ1) is 7.74. The summed E-state index contributed by atoms with van der Waals surface area (Å²) in [7, 11) is 1.88. The van der Waals surface area contributed by atoms with Crippen molar-refractivity contribution in [1.82, 2.24) is 14.7 Å². The first-order valence-corrected chi connectivity index (χ1v) is 5.88. The van der Waals surface area contributed by atoms with E-state index in [0.717, 1.165) is 25.5 Å². The second kappa shape index (κ2) is 5.32.